The van der Waals surface area contributed by atoms with Crippen LogP contribution in [0.3, 0.4) is 0 Å². The van der Waals surface area contributed by atoms with Crippen molar-refractivity contribution < 1.29 is 13.9 Å². The molecule has 0 aliphatic carbocycles. The maximum Gasteiger partial charge on any atom is 0.258 e. The molecule has 0 spiro atoms. The number of nitrogens with zero attached hydrogens (tertiary/aromatic N) is 1. The van der Waals surface area contributed by atoms with Gasteiger partial charge in [-0.2, -0.15) is 0 Å². The van der Waals surface area contributed by atoms with Gasteiger partial charge in [0.1, 0.15) is 11.3 Å². The van der Waals surface area contributed by atoms with Crippen LogP contribution in [0.25, 0.3) is 22.6 Å². The largest absolute Gasteiger partial charge is 0.484 e. The van der Waals surface area contributed by atoms with Crippen molar-refractivity contribution in [3.63, 3.8) is 0 Å². The van der Waals surface area contributed by atoms with Crippen LogP contribution in [0.2, 0.25) is 0 Å². The van der Waals surface area contributed by atoms with Crippen molar-refractivity contribution in [2.75, 3.05) is 6.61 Å². The molecule has 0 aliphatic rings. The molecule has 0 saturated heterocycles. The minimum Gasteiger partial charge on any atom is -0.484 e. The molecule has 0 aliphatic heterocycles. The first-order valence-corrected chi connectivity index (χ1v) is 10.6. The number of hydrogen-bond donors (Lipinski definition) is 1. The van der Waals surface area contributed by atoms with Crippen LogP contribution in [0.4, 0.5) is 0 Å². The zero-order chi connectivity index (χ0) is 21.6. The standard InChI is InChI=1S/C26H26N2O3/c1-3-18(2)20-12-14-22(15-13-20)30-17-25(29)27-16-19-8-10-21(11-9-19)26-28-23-6-4-5-7-24(23)31-26/h4-15,18H,3,16-17H2,1-2H3,(H,27,29)/t18-/m1/s1. The number of carbonyl (C=O) groups excluding carboxylic acids is 1. The molecule has 1 aromatic heterocycles. The van der Waals surface area contributed by atoms with E-state index in [0.29, 0.717) is 24.1 Å². The van der Waals surface area contributed by atoms with Crippen LogP contribution >= 0.6 is 0 Å². The third-order valence-corrected chi connectivity index (χ3v) is 5.42. The summed E-state index contributed by atoms with van der Waals surface area (Å²) in [5, 5.41) is 2.89. The Morgan fingerprint density at radius 2 is 1.77 bits per heavy atom. The molecule has 31 heavy (non-hydrogen) atoms. The lowest BCUT2D eigenvalue weighted by Gasteiger charge is -2.11. The summed E-state index contributed by atoms with van der Waals surface area (Å²) in [6, 6.07) is 23.4. The van der Waals surface area contributed by atoms with Crippen LogP contribution in [0.15, 0.2) is 77.2 Å². The number of carbonyl (C=O) groups is 1. The van der Waals surface area contributed by atoms with E-state index >= 15 is 0 Å². The van der Waals surface area contributed by atoms with Gasteiger partial charge in [0.2, 0.25) is 5.89 Å². The lowest BCUT2D eigenvalue weighted by molar-refractivity contribution is -0.123. The normalized spacial score (nSPS) is 11.9. The van der Waals surface area contributed by atoms with E-state index in [2.05, 4.69) is 36.3 Å². The second-order valence-electron chi connectivity index (χ2n) is 7.63. The van der Waals surface area contributed by atoms with Gasteiger partial charge in [-0.15, -0.1) is 0 Å². The number of ether oxygens (including phenoxy) is 1. The predicted molar refractivity (Wildman–Crippen MR) is 122 cm³/mol. The molecule has 4 rings (SSSR count). The zero-order valence-corrected chi connectivity index (χ0v) is 17.8. The van der Waals surface area contributed by atoms with Crippen molar-refractivity contribution >= 4 is 17.0 Å². The summed E-state index contributed by atoms with van der Waals surface area (Å²) in [5.41, 5.74) is 4.77. The molecule has 0 saturated carbocycles. The molecule has 1 heterocycles. The van der Waals surface area contributed by atoms with Gasteiger partial charge in [0, 0.05) is 12.1 Å². The van der Waals surface area contributed by atoms with E-state index in [1.165, 1.54) is 5.56 Å². The first-order valence-electron chi connectivity index (χ1n) is 10.6. The molecule has 5 nitrogen and oxygen atoms in total. The van der Waals surface area contributed by atoms with Crippen molar-refractivity contribution in [3.8, 4) is 17.2 Å². The van der Waals surface area contributed by atoms with Gasteiger partial charge in [-0.05, 0) is 59.9 Å². The Hall–Kier alpha value is -3.60. The summed E-state index contributed by atoms with van der Waals surface area (Å²) in [7, 11) is 0. The van der Waals surface area contributed by atoms with Crippen molar-refractivity contribution in [2.45, 2.75) is 32.7 Å². The number of amides is 1. The monoisotopic (exact) mass is 414 g/mol. The predicted octanol–water partition coefficient (Wildman–Crippen LogP) is 5.70. The average molecular weight is 415 g/mol. The number of benzene rings is 3. The lowest BCUT2D eigenvalue weighted by atomic mass is 9.99. The van der Waals surface area contributed by atoms with Crippen molar-refractivity contribution in [1.29, 1.82) is 0 Å². The summed E-state index contributed by atoms with van der Waals surface area (Å²) in [5.74, 6) is 1.65. The van der Waals surface area contributed by atoms with Crippen LogP contribution < -0.4 is 10.1 Å². The van der Waals surface area contributed by atoms with E-state index < -0.39 is 0 Å². The zero-order valence-electron chi connectivity index (χ0n) is 17.8. The highest BCUT2D eigenvalue weighted by atomic mass is 16.5. The topological polar surface area (TPSA) is 64.4 Å². The molecule has 158 valence electrons. The van der Waals surface area contributed by atoms with Crippen molar-refractivity contribution in [3.05, 3.63) is 83.9 Å². The number of hydrogen-bond acceptors (Lipinski definition) is 4. The highest BCUT2D eigenvalue weighted by Crippen LogP contribution is 2.24. The third-order valence-electron chi connectivity index (χ3n) is 5.42. The van der Waals surface area contributed by atoms with Gasteiger partial charge in [0.05, 0.1) is 0 Å². The summed E-state index contributed by atoms with van der Waals surface area (Å²) >= 11 is 0. The number of nitrogens with one attached hydrogen (secondary N) is 1. The van der Waals surface area contributed by atoms with E-state index in [4.69, 9.17) is 9.15 Å². The Bertz CT molecular complexity index is 1110. The number of aromatic nitrogens is 1. The number of rotatable bonds is 8. The second-order valence-corrected chi connectivity index (χ2v) is 7.63. The highest BCUT2D eigenvalue weighted by Gasteiger charge is 2.09. The SMILES string of the molecule is CC[C@@H](C)c1ccc(OCC(=O)NCc2ccc(-c3nc4ccccc4o3)cc2)cc1. The van der Waals surface area contributed by atoms with Gasteiger partial charge in [-0.3, -0.25) is 4.79 Å². The van der Waals surface area contributed by atoms with Gasteiger partial charge in [0.15, 0.2) is 12.2 Å². The molecule has 0 radical (unpaired) electrons. The van der Waals surface area contributed by atoms with E-state index in [0.717, 1.165) is 28.6 Å². The summed E-state index contributed by atoms with van der Waals surface area (Å²) in [4.78, 5) is 16.6. The Kier molecular flexibility index (Phi) is 6.32. The fourth-order valence-electron chi connectivity index (χ4n) is 3.29. The maximum absolute atomic E-state index is 12.1. The first-order chi connectivity index (χ1) is 15.1. The Morgan fingerprint density at radius 3 is 2.48 bits per heavy atom. The fraction of sp³-hybridized carbons (Fsp3) is 0.231. The Morgan fingerprint density at radius 1 is 1.03 bits per heavy atom. The van der Waals surface area contributed by atoms with Crippen LogP contribution in [-0.4, -0.2) is 17.5 Å². The van der Waals surface area contributed by atoms with Crippen molar-refractivity contribution in [2.24, 2.45) is 0 Å². The van der Waals surface area contributed by atoms with Crippen LogP contribution in [0.1, 0.15) is 37.3 Å². The molecule has 1 N–H and O–H groups in total. The van der Waals surface area contributed by atoms with Gasteiger partial charge < -0.3 is 14.5 Å². The van der Waals surface area contributed by atoms with Crippen LogP contribution in [0, 0.1) is 0 Å². The van der Waals surface area contributed by atoms with Crippen LogP contribution in [-0.2, 0) is 11.3 Å². The average Bonchev–Trinajstić information content (AvgIpc) is 3.26. The summed E-state index contributed by atoms with van der Waals surface area (Å²) in [6.45, 7) is 4.79. The quantitative estimate of drug-likeness (QED) is 0.401. The molecule has 4 aromatic rings. The molecule has 0 bridgehead atoms. The molecular weight excluding hydrogens is 388 g/mol. The smallest absolute Gasteiger partial charge is 0.258 e. The van der Waals surface area contributed by atoms with Gasteiger partial charge in [-0.1, -0.05) is 50.2 Å². The van der Waals surface area contributed by atoms with Gasteiger partial charge in [-0.25, -0.2) is 4.98 Å². The van der Waals surface area contributed by atoms with Crippen molar-refractivity contribution in [1.82, 2.24) is 10.3 Å². The van der Waals surface area contributed by atoms with Gasteiger partial charge >= 0.3 is 0 Å². The lowest BCUT2D eigenvalue weighted by Crippen LogP contribution is -2.28. The first kappa shape index (κ1) is 20.7. The molecule has 0 fully saturated rings. The van der Waals surface area contributed by atoms with Gasteiger partial charge in [0.25, 0.3) is 5.91 Å². The molecule has 3 aromatic carbocycles. The third kappa shape index (κ3) is 5.12. The molecular formula is C26H26N2O3. The molecule has 5 heteroatoms. The number of fused-ring (bicyclic) bond motifs is 1. The Labute approximate surface area is 182 Å². The minimum atomic E-state index is -0.158. The highest BCUT2D eigenvalue weighted by molar-refractivity contribution is 5.77. The fourth-order valence-corrected chi connectivity index (χ4v) is 3.29. The second kappa shape index (κ2) is 9.47. The Balaban J connectivity index is 1.27. The van der Waals surface area contributed by atoms with E-state index in [1.54, 1.807) is 0 Å². The number of para-hydroxylation sites is 2. The summed E-state index contributed by atoms with van der Waals surface area (Å²) < 4.78 is 11.4. The summed E-state index contributed by atoms with van der Waals surface area (Å²) in [6.07, 6.45) is 1.10. The molecule has 1 atom stereocenters. The van der Waals surface area contributed by atoms with E-state index in [9.17, 15) is 4.79 Å². The van der Waals surface area contributed by atoms with E-state index in [1.807, 2.05) is 60.7 Å². The molecule has 1 amide bonds. The van der Waals surface area contributed by atoms with Crippen LogP contribution in [0.5, 0.6) is 5.75 Å². The maximum atomic E-state index is 12.1. The van der Waals surface area contributed by atoms with E-state index in [-0.39, 0.29) is 12.5 Å². The minimum absolute atomic E-state index is 0.0103. The molecule has 0 unspecified atom stereocenters. The number of oxazole rings is 1.